The summed E-state index contributed by atoms with van der Waals surface area (Å²) in [5.74, 6) is -0.712. The number of nitrogens with zero attached hydrogens (tertiary/aromatic N) is 2. The Morgan fingerprint density at radius 3 is 2.68 bits per heavy atom. The van der Waals surface area contributed by atoms with Crippen molar-refractivity contribution in [3.8, 4) is 0 Å². The Balaban J connectivity index is 1.40. The Kier molecular flexibility index (Phi) is 4.57. The highest BCUT2D eigenvalue weighted by Gasteiger charge is 2.38. The molecule has 1 aliphatic rings. The zero-order valence-electron chi connectivity index (χ0n) is 15.4. The number of hydrogen-bond acceptors (Lipinski definition) is 3. The molecule has 0 radical (unpaired) electrons. The van der Waals surface area contributed by atoms with Gasteiger partial charge in [-0.05, 0) is 29.1 Å². The summed E-state index contributed by atoms with van der Waals surface area (Å²) in [7, 11) is 1.93. The Morgan fingerprint density at radius 2 is 1.89 bits per heavy atom. The number of carbonyl (C=O) groups is 3. The predicted octanol–water partition coefficient (Wildman–Crippen LogP) is 2.63. The maximum atomic E-state index is 12.6. The van der Waals surface area contributed by atoms with E-state index in [9.17, 15) is 14.4 Å². The number of amides is 4. The van der Waals surface area contributed by atoms with Crippen LogP contribution in [0.15, 0.2) is 60.8 Å². The van der Waals surface area contributed by atoms with Gasteiger partial charge in [0.2, 0.25) is 5.91 Å². The van der Waals surface area contributed by atoms with Crippen molar-refractivity contribution in [1.82, 2.24) is 14.8 Å². The first-order valence-electron chi connectivity index (χ1n) is 9.02. The SMILES string of the molecule is Cn1ccc2ccc(NC(=O)C[C@H]3NC(=O)N(Cc4ccccc4)C3=O)cc21. The third kappa shape index (κ3) is 3.46. The molecule has 0 unspecified atom stereocenters. The van der Waals surface area contributed by atoms with Gasteiger partial charge in [-0.3, -0.25) is 14.5 Å². The van der Waals surface area contributed by atoms with Crippen molar-refractivity contribution in [2.75, 3.05) is 5.32 Å². The maximum absolute atomic E-state index is 12.6. The van der Waals surface area contributed by atoms with Crippen molar-refractivity contribution in [3.63, 3.8) is 0 Å². The highest BCUT2D eigenvalue weighted by Crippen LogP contribution is 2.20. The molecule has 1 fully saturated rings. The van der Waals surface area contributed by atoms with Gasteiger partial charge in [0.05, 0.1) is 13.0 Å². The highest BCUT2D eigenvalue weighted by atomic mass is 16.2. The van der Waals surface area contributed by atoms with Crippen molar-refractivity contribution in [2.45, 2.75) is 19.0 Å². The molecule has 1 atom stereocenters. The van der Waals surface area contributed by atoms with Crippen LogP contribution in [0.2, 0.25) is 0 Å². The Labute approximate surface area is 161 Å². The normalized spacial score (nSPS) is 16.5. The van der Waals surface area contributed by atoms with Gasteiger partial charge in [0, 0.05) is 24.4 Å². The molecule has 0 spiro atoms. The van der Waals surface area contributed by atoms with E-state index in [4.69, 9.17) is 0 Å². The third-order valence-corrected chi connectivity index (χ3v) is 4.85. The second-order valence-electron chi connectivity index (χ2n) is 6.86. The molecule has 28 heavy (non-hydrogen) atoms. The van der Waals surface area contributed by atoms with Crippen molar-refractivity contribution >= 4 is 34.4 Å². The average Bonchev–Trinajstić information content (AvgIpc) is 3.17. The molecule has 1 aromatic heterocycles. The van der Waals surface area contributed by atoms with E-state index in [-0.39, 0.29) is 24.8 Å². The summed E-state index contributed by atoms with van der Waals surface area (Å²) in [5, 5.41) is 6.48. The molecule has 4 rings (SSSR count). The van der Waals surface area contributed by atoms with Gasteiger partial charge >= 0.3 is 6.03 Å². The number of fused-ring (bicyclic) bond motifs is 1. The van der Waals surface area contributed by atoms with Crippen molar-refractivity contribution < 1.29 is 14.4 Å². The van der Waals surface area contributed by atoms with E-state index in [2.05, 4.69) is 10.6 Å². The van der Waals surface area contributed by atoms with Gasteiger partial charge in [-0.15, -0.1) is 0 Å². The van der Waals surface area contributed by atoms with Crippen LogP contribution in [-0.2, 0) is 23.2 Å². The minimum Gasteiger partial charge on any atom is -0.350 e. The molecule has 2 aromatic carbocycles. The molecule has 0 bridgehead atoms. The van der Waals surface area contributed by atoms with E-state index in [1.54, 1.807) is 0 Å². The number of carbonyl (C=O) groups excluding carboxylic acids is 3. The molecule has 0 saturated carbocycles. The number of rotatable bonds is 5. The Bertz CT molecular complexity index is 1060. The fourth-order valence-corrected chi connectivity index (χ4v) is 3.37. The zero-order chi connectivity index (χ0) is 19.7. The number of aryl methyl sites for hydroxylation is 1. The number of hydrogen-bond donors (Lipinski definition) is 2. The van der Waals surface area contributed by atoms with Crippen LogP contribution in [0.5, 0.6) is 0 Å². The van der Waals surface area contributed by atoms with Crippen molar-refractivity contribution in [1.29, 1.82) is 0 Å². The fourth-order valence-electron chi connectivity index (χ4n) is 3.37. The first-order valence-corrected chi connectivity index (χ1v) is 9.02. The van der Waals surface area contributed by atoms with Gasteiger partial charge in [0.25, 0.3) is 5.91 Å². The van der Waals surface area contributed by atoms with E-state index < -0.39 is 12.1 Å². The van der Waals surface area contributed by atoms with Crippen molar-refractivity contribution in [2.24, 2.45) is 7.05 Å². The molecular formula is C21H20N4O3. The summed E-state index contributed by atoms with van der Waals surface area (Å²) >= 11 is 0. The van der Waals surface area contributed by atoms with Crippen LogP contribution in [0.25, 0.3) is 10.9 Å². The number of nitrogens with one attached hydrogen (secondary N) is 2. The molecule has 1 aliphatic heterocycles. The predicted molar refractivity (Wildman–Crippen MR) is 105 cm³/mol. The molecule has 0 aliphatic carbocycles. The number of anilines is 1. The number of imide groups is 1. The monoisotopic (exact) mass is 376 g/mol. The summed E-state index contributed by atoms with van der Waals surface area (Å²) < 4.78 is 1.97. The molecule has 2 N–H and O–H groups in total. The van der Waals surface area contributed by atoms with Gasteiger partial charge in [-0.1, -0.05) is 36.4 Å². The van der Waals surface area contributed by atoms with Gasteiger partial charge in [-0.2, -0.15) is 0 Å². The third-order valence-electron chi connectivity index (χ3n) is 4.85. The lowest BCUT2D eigenvalue weighted by molar-refractivity contribution is -0.130. The number of aromatic nitrogens is 1. The Morgan fingerprint density at radius 1 is 1.11 bits per heavy atom. The molecule has 142 valence electrons. The zero-order valence-corrected chi connectivity index (χ0v) is 15.4. The smallest absolute Gasteiger partial charge is 0.325 e. The summed E-state index contributed by atoms with van der Waals surface area (Å²) in [6, 6.07) is 15.6. The first-order chi connectivity index (χ1) is 13.5. The van der Waals surface area contributed by atoms with Crippen LogP contribution in [0.3, 0.4) is 0 Å². The summed E-state index contributed by atoms with van der Waals surface area (Å²) in [4.78, 5) is 38.3. The van der Waals surface area contributed by atoms with Gasteiger partial charge < -0.3 is 15.2 Å². The first kappa shape index (κ1) is 17.8. The second kappa shape index (κ2) is 7.19. The lowest BCUT2D eigenvalue weighted by atomic mass is 10.1. The van der Waals surface area contributed by atoms with E-state index in [1.807, 2.05) is 72.4 Å². The van der Waals surface area contributed by atoms with Gasteiger partial charge in [0.15, 0.2) is 0 Å². The van der Waals surface area contributed by atoms with E-state index in [1.165, 1.54) is 0 Å². The molecule has 1 saturated heterocycles. The van der Waals surface area contributed by atoms with Crippen LogP contribution in [0.1, 0.15) is 12.0 Å². The minimum absolute atomic E-state index is 0.110. The lowest BCUT2D eigenvalue weighted by Crippen LogP contribution is -2.34. The molecule has 7 nitrogen and oxygen atoms in total. The van der Waals surface area contributed by atoms with E-state index >= 15 is 0 Å². The van der Waals surface area contributed by atoms with Crippen LogP contribution < -0.4 is 10.6 Å². The molecule has 3 aromatic rings. The molecule has 2 heterocycles. The average molecular weight is 376 g/mol. The van der Waals surface area contributed by atoms with Gasteiger partial charge in [0.1, 0.15) is 6.04 Å². The minimum atomic E-state index is -0.852. The van der Waals surface area contributed by atoms with Crippen LogP contribution in [0.4, 0.5) is 10.5 Å². The Hall–Kier alpha value is -3.61. The second-order valence-corrected chi connectivity index (χ2v) is 6.86. The standard InChI is InChI=1S/C21H20N4O3/c1-24-10-9-15-7-8-16(11-18(15)24)22-19(26)12-17-20(27)25(21(28)23-17)13-14-5-3-2-4-6-14/h2-11,17H,12-13H2,1H3,(H,22,26)(H,23,28)/t17-/m1/s1. The van der Waals surface area contributed by atoms with E-state index in [0.717, 1.165) is 21.4 Å². The maximum Gasteiger partial charge on any atom is 0.325 e. The quantitative estimate of drug-likeness (QED) is 0.672. The van der Waals surface area contributed by atoms with Crippen LogP contribution >= 0.6 is 0 Å². The molecule has 4 amide bonds. The number of urea groups is 1. The van der Waals surface area contributed by atoms with E-state index in [0.29, 0.717) is 5.69 Å². The molecular weight excluding hydrogens is 356 g/mol. The van der Waals surface area contributed by atoms with Crippen LogP contribution in [-0.4, -0.2) is 33.4 Å². The van der Waals surface area contributed by atoms with Gasteiger partial charge in [-0.25, -0.2) is 4.79 Å². The van der Waals surface area contributed by atoms with Crippen LogP contribution in [0, 0.1) is 0 Å². The fraction of sp³-hybridized carbons (Fsp3) is 0.190. The molecule has 7 heteroatoms. The highest BCUT2D eigenvalue weighted by molar-refractivity contribution is 6.07. The summed E-state index contributed by atoms with van der Waals surface area (Å²) in [6.45, 7) is 0.188. The lowest BCUT2D eigenvalue weighted by Gasteiger charge is -2.13. The topological polar surface area (TPSA) is 83.4 Å². The summed E-state index contributed by atoms with van der Waals surface area (Å²) in [6.07, 6.45) is 1.84. The number of benzene rings is 2. The summed E-state index contributed by atoms with van der Waals surface area (Å²) in [5.41, 5.74) is 2.50. The largest absolute Gasteiger partial charge is 0.350 e. The van der Waals surface area contributed by atoms with Crippen molar-refractivity contribution in [3.05, 3.63) is 66.4 Å².